The van der Waals surface area contributed by atoms with E-state index in [1.165, 1.54) is 6.26 Å². The minimum Gasteiger partial charge on any atom is -0.469 e. The van der Waals surface area contributed by atoms with Crippen LogP contribution >= 0.6 is 0 Å². The highest BCUT2D eigenvalue weighted by Crippen LogP contribution is 2.59. The predicted octanol–water partition coefficient (Wildman–Crippen LogP) is 3.35. The van der Waals surface area contributed by atoms with Crippen LogP contribution in [0.1, 0.15) is 67.8 Å². The van der Waals surface area contributed by atoms with Gasteiger partial charge in [0, 0.05) is 17.7 Å². The van der Waals surface area contributed by atoms with Crippen molar-refractivity contribution in [3.05, 3.63) is 82.8 Å². The monoisotopic (exact) mass is 641 g/mol. The molecule has 13 heteroatoms. The summed E-state index contributed by atoms with van der Waals surface area (Å²) in [5.41, 5.74) is 2.86. The molecule has 4 N–H and O–H groups in total. The van der Waals surface area contributed by atoms with Gasteiger partial charge in [0.05, 0.1) is 0 Å². The molecular weight excluding hydrogens is 606 g/mol. The third kappa shape index (κ3) is 4.92. The molecule has 3 aliphatic heterocycles. The Kier molecular flexibility index (Phi) is 7.50. The summed E-state index contributed by atoms with van der Waals surface area (Å²) >= 11 is 0. The van der Waals surface area contributed by atoms with Crippen molar-refractivity contribution < 1.29 is 37.8 Å². The Morgan fingerprint density at radius 1 is 1.15 bits per heavy atom. The topological polar surface area (TPSA) is 178 Å². The molecule has 2 aromatic carbocycles. The van der Waals surface area contributed by atoms with Gasteiger partial charge in [-0.25, -0.2) is 9.97 Å². The molecule has 2 amide bonds. The first-order valence-electron chi connectivity index (χ1n) is 15.6. The first-order valence-corrected chi connectivity index (χ1v) is 15.6. The maximum atomic E-state index is 13.9. The number of nitrogens with one attached hydrogen (secondary N) is 3. The number of ether oxygens (including phenoxy) is 2. The average molecular weight is 642 g/mol. The molecule has 3 aliphatic rings. The summed E-state index contributed by atoms with van der Waals surface area (Å²) in [5.74, 6) is -0.290. The van der Waals surface area contributed by atoms with E-state index < -0.39 is 41.6 Å². The summed E-state index contributed by atoms with van der Waals surface area (Å²) in [7, 11) is 0. The first kappa shape index (κ1) is 30.5. The third-order valence-electron chi connectivity index (χ3n) is 9.00. The molecule has 244 valence electrons. The lowest BCUT2D eigenvalue weighted by Gasteiger charge is -2.29. The largest absolute Gasteiger partial charge is 0.469 e. The molecule has 0 saturated carbocycles. The molecule has 0 aliphatic carbocycles. The maximum Gasteiger partial charge on any atom is 0.293 e. The number of hydrogen-bond acceptors (Lipinski definition) is 11. The molecule has 4 aromatic rings. The molecule has 7 rings (SSSR count). The minimum absolute atomic E-state index is 0.0935. The van der Waals surface area contributed by atoms with Crippen LogP contribution in [-0.2, 0) is 37.6 Å². The number of amides is 2. The van der Waals surface area contributed by atoms with Crippen LogP contribution in [0, 0.1) is 11.8 Å². The van der Waals surface area contributed by atoms with Crippen LogP contribution in [0.4, 0.5) is 5.69 Å². The molecule has 13 nitrogen and oxygen atoms in total. The smallest absolute Gasteiger partial charge is 0.293 e. The van der Waals surface area contributed by atoms with Crippen LogP contribution in [0.25, 0.3) is 11.6 Å². The van der Waals surface area contributed by atoms with Gasteiger partial charge in [-0.3, -0.25) is 14.4 Å². The summed E-state index contributed by atoms with van der Waals surface area (Å²) in [5, 5.41) is 19.8. The molecule has 0 radical (unpaired) electrons. The Labute approximate surface area is 270 Å². The van der Waals surface area contributed by atoms with Crippen LogP contribution in [0.3, 0.4) is 0 Å². The second-order valence-corrected chi connectivity index (χ2v) is 12.8. The number of rotatable bonds is 8. The Morgan fingerprint density at radius 3 is 2.72 bits per heavy atom. The van der Waals surface area contributed by atoms with E-state index in [1.54, 1.807) is 13.8 Å². The quantitative estimate of drug-likeness (QED) is 0.207. The molecular formula is C34H35N5O8. The van der Waals surface area contributed by atoms with Crippen molar-refractivity contribution in [2.75, 3.05) is 5.32 Å². The highest BCUT2D eigenvalue weighted by molar-refractivity contribution is 5.90. The van der Waals surface area contributed by atoms with Crippen LogP contribution in [0.2, 0.25) is 0 Å². The zero-order valence-corrected chi connectivity index (χ0v) is 26.3. The summed E-state index contributed by atoms with van der Waals surface area (Å²) in [4.78, 5) is 47.3. The van der Waals surface area contributed by atoms with Gasteiger partial charge in [0.2, 0.25) is 23.6 Å². The number of aliphatic hydroxyl groups excluding tert-OH is 1. The van der Waals surface area contributed by atoms with Crippen LogP contribution in [0.15, 0.2) is 57.6 Å². The lowest BCUT2D eigenvalue weighted by Crippen LogP contribution is -2.52. The Morgan fingerprint density at radius 2 is 1.96 bits per heavy atom. The van der Waals surface area contributed by atoms with Gasteiger partial charge < -0.3 is 39.4 Å². The van der Waals surface area contributed by atoms with Crippen molar-refractivity contribution in [3.8, 4) is 17.3 Å². The minimum atomic E-state index is -1.29. The highest BCUT2D eigenvalue weighted by Gasteiger charge is 2.61. The van der Waals surface area contributed by atoms with Gasteiger partial charge >= 0.3 is 0 Å². The van der Waals surface area contributed by atoms with Gasteiger partial charge in [0.15, 0.2) is 17.7 Å². The second-order valence-electron chi connectivity index (χ2n) is 12.8. The molecule has 0 fully saturated rings. The van der Waals surface area contributed by atoms with Crippen molar-refractivity contribution in [1.29, 1.82) is 0 Å². The Hall–Kier alpha value is -5.17. The zero-order valence-electron chi connectivity index (χ0n) is 26.3. The summed E-state index contributed by atoms with van der Waals surface area (Å²) in [6, 6.07) is 11.7. The van der Waals surface area contributed by atoms with E-state index in [0.29, 0.717) is 29.4 Å². The first-order chi connectivity index (χ1) is 22.6. The number of para-hydroxylation sites is 1. The fourth-order valence-electron chi connectivity index (χ4n) is 6.61. The lowest BCUT2D eigenvalue weighted by atomic mass is 9.72. The SMILES string of the molecule is CC(C)C(O)C(=O)NC1Cc2ccc3c(c2)C2(c4ccccc4NC2O3)c2oc(nc2-c2nc(COC=O)co2)C(C(C)C)NC1=O. The van der Waals surface area contributed by atoms with E-state index in [0.717, 1.165) is 22.4 Å². The molecule has 2 aromatic heterocycles. The van der Waals surface area contributed by atoms with Gasteiger partial charge in [0.1, 0.15) is 47.9 Å². The fraction of sp³-hybridized carbons (Fsp3) is 0.382. The number of hydrogen-bond donors (Lipinski definition) is 4. The van der Waals surface area contributed by atoms with Crippen LogP contribution in [0.5, 0.6) is 5.75 Å². The number of carbonyl (C=O) groups is 3. The Balaban J connectivity index is 1.46. The summed E-state index contributed by atoms with van der Waals surface area (Å²) < 4.78 is 24.1. The van der Waals surface area contributed by atoms with Crippen LogP contribution < -0.4 is 20.7 Å². The Bertz CT molecular complexity index is 1860. The number of aliphatic hydroxyl groups is 1. The molecule has 4 bridgehead atoms. The van der Waals surface area contributed by atoms with Crippen LogP contribution in [-0.4, -0.2) is 51.7 Å². The van der Waals surface area contributed by atoms with E-state index >= 15 is 0 Å². The summed E-state index contributed by atoms with van der Waals surface area (Å²) in [6.45, 7) is 7.54. The third-order valence-corrected chi connectivity index (χ3v) is 9.00. The average Bonchev–Trinajstić information content (AvgIpc) is 3.82. The van der Waals surface area contributed by atoms with Gasteiger partial charge in [-0.15, -0.1) is 0 Å². The number of carbonyl (C=O) groups excluding carboxylic acids is 3. The molecule has 1 spiro atoms. The molecule has 0 saturated heterocycles. The highest BCUT2D eigenvalue weighted by atomic mass is 16.5. The summed E-state index contributed by atoms with van der Waals surface area (Å²) in [6.07, 6.45) is -0.388. The fourth-order valence-corrected chi connectivity index (χ4v) is 6.61. The second kappa shape index (κ2) is 11.6. The van der Waals surface area contributed by atoms with Gasteiger partial charge in [-0.1, -0.05) is 58.0 Å². The number of oxazole rings is 2. The normalized spacial score (nSPS) is 23.0. The maximum absolute atomic E-state index is 13.9. The molecule has 5 heterocycles. The van der Waals surface area contributed by atoms with Crippen molar-refractivity contribution >= 4 is 24.0 Å². The lowest BCUT2D eigenvalue weighted by molar-refractivity contribution is -0.136. The van der Waals surface area contributed by atoms with Crippen molar-refractivity contribution in [2.45, 2.75) is 70.6 Å². The molecule has 47 heavy (non-hydrogen) atoms. The van der Waals surface area contributed by atoms with E-state index in [1.807, 2.05) is 56.3 Å². The van der Waals surface area contributed by atoms with E-state index in [9.17, 15) is 19.5 Å². The molecule has 5 atom stereocenters. The standard InChI is InChI=1S/C34H35N5O8/c1-16(2)25-32-39-26(31-35-19(14-45-31)13-44-15-40)28(47-32)34-20-7-5-6-8-22(20)37-33(34)46-24-10-9-18(11-21(24)34)12-23(29(42)38-25)36-30(43)27(41)17(3)4/h5-11,14-17,23,25,27,33,37,41H,12-13H2,1-4H3,(H,36,43)(H,38,42). The van der Waals surface area contributed by atoms with E-state index in [2.05, 4.69) is 20.9 Å². The number of benzene rings is 2. The van der Waals surface area contributed by atoms with E-state index in [-0.39, 0.29) is 36.6 Å². The van der Waals surface area contributed by atoms with Gasteiger partial charge in [-0.05, 0) is 35.1 Å². The number of aromatic nitrogens is 2. The van der Waals surface area contributed by atoms with E-state index in [4.69, 9.17) is 23.3 Å². The predicted molar refractivity (Wildman–Crippen MR) is 166 cm³/mol. The van der Waals surface area contributed by atoms with Crippen molar-refractivity contribution in [1.82, 2.24) is 20.6 Å². The zero-order chi connectivity index (χ0) is 33.0. The number of anilines is 1. The molecule has 5 unspecified atom stereocenters. The van der Waals surface area contributed by atoms with Gasteiger partial charge in [0.25, 0.3) is 6.47 Å². The van der Waals surface area contributed by atoms with Crippen molar-refractivity contribution in [3.63, 3.8) is 0 Å². The number of nitrogens with zero attached hydrogens (tertiary/aromatic N) is 2. The number of fused-ring (bicyclic) bond motifs is 4. The van der Waals surface area contributed by atoms with Gasteiger partial charge in [-0.2, -0.15) is 0 Å². The van der Waals surface area contributed by atoms with Crippen molar-refractivity contribution in [2.24, 2.45) is 11.8 Å².